The fourth-order valence-corrected chi connectivity index (χ4v) is 4.90. The van der Waals surface area contributed by atoms with Crippen molar-refractivity contribution in [1.82, 2.24) is 5.32 Å². The Balaban J connectivity index is 1.71. The molecule has 0 aromatic heterocycles. The molecular weight excluding hydrogens is 526 g/mol. The summed E-state index contributed by atoms with van der Waals surface area (Å²) < 4.78 is 67.8. The first kappa shape index (κ1) is 28.9. The number of methoxy groups -OCH3 is 1. The maximum atomic E-state index is 14.7. The standard InChI is InChI=1S/C31H29F4NO4/c1-3-4-12-36-28(37)17-40-27-7-5-6-22(31(27)39-2)23-13-19(18-8-10-20(32)11-9-18)14-24(23)30(38)29-25(34)15-21(33)16-26(29)35/h5-11,14-16,23-24H,3-4,12-13,17H2,1-2H3,(H,36,37). The van der Waals surface area contributed by atoms with Gasteiger partial charge in [0.15, 0.2) is 23.9 Å². The number of carbonyl (C=O) groups excluding carboxylic acids is 2. The van der Waals surface area contributed by atoms with Crippen LogP contribution in [0.1, 0.15) is 53.6 Å². The first-order valence-electron chi connectivity index (χ1n) is 12.9. The van der Waals surface area contributed by atoms with Crippen LogP contribution in [0.15, 0.2) is 60.7 Å². The number of ketones is 1. The average molecular weight is 556 g/mol. The normalized spacial score (nSPS) is 16.4. The van der Waals surface area contributed by atoms with Gasteiger partial charge in [-0.25, -0.2) is 17.6 Å². The molecule has 40 heavy (non-hydrogen) atoms. The second-order valence-electron chi connectivity index (χ2n) is 9.51. The lowest BCUT2D eigenvalue weighted by atomic mass is 9.82. The van der Waals surface area contributed by atoms with Gasteiger partial charge in [0.05, 0.1) is 12.7 Å². The number of hydrogen-bond donors (Lipinski definition) is 1. The van der Waals surface area contributed by atoms with E-state index in [2.05, 4.69) is 5.32 Å². The zero-order valence-electron chi connectivity index (χ0n) is 22.1. The molecular formula is C31H29F4NO4. The molecule has 0 radical (unpaired) electrons. The molecule has 0 bridgehead atoms. The molecule has 1 N–H and O–H groups in total. The topological polar surface area (TPSA) is 64.6 Å². The molecule has 2 unspecified atom stereocenters. The zero-order chi connectivity index (χ0) is 28.8. The van der Waals surface area contributed by atoms with Crippen LogP contribution in [0.5, 0.6) is 11.5 Å². The summed E-state index contributed by atoms with van der Waals surface area (Å²) in [4.78, 5) is 25.8. The molecule has 2 atom stereocenters. The number of hydrogen-bond acceptors (Lipinski definition) is 4. The van der Waals surface area contributed by atoms with Crippen LogP contribution in [0.3, 0.4) is 0 Å². The minimum Gasteiger partial charge on any atom is -0.493 e. The molecule has 3 aromatic rings. The number of rotatable bonds is 11. The van der Waals surface area contributed by atoms with E-state index in [9.17, 15) is 27.2 Å². The Labute approximate surface area is 229 Å². The summed E-state index contributed by atoms with van der Waals surface area (Å²) in [5.74, 6) is -6.56. The second-order valence-corrected chi connectivity index (χ2v) is 9.51. The second kappa shape index (κ2) is 12.8. The Morgan fingerprint density at radius 3 is 2.33 bits per heavy atom. The third kappa shape index (κ3) is 6.35. The quantitative estimate of drug-likeness (QED) is 0.164. The van der Waals surface area contributed by atoms with Gasteiger partial charge in [0.2, 0.25) is 0 Å². The van der Waals surface area contributed by atoms with E-state index < -0.39 is 46.5 Å². The summed E-state index contributed by atoms with van der Waals surface area (Å²) >= 11 is 0. The average Bonchev–Trinajstić information content (AvgIpc) is 3.37. The summed E-state index contributed by atoms with van der Waals surface area (Å²) in [5, 5.41) is 2.76. The van der Waals surface area contributed by atoms with E-state index in [1.54, 1.807) is 36.4 Å². The first-order valence-corrected chi connectivity index (χ1v) is 12.9. The molecule has 0 heterocycles. The van der Waals surface area contributed by atoms with E-state index in [1.807, 2.05) is 6.92 Å². The highest BCUT2D eigenvalue weighted by atomic mass is 19.1. The number of ether oxygens (including phenoxy) is 2. The molecule has 210 valence electrons. The molecule has 0 saturated heterocycles. The summed E-state index contributed by atoms with van der Waals surface area (Å²) in [5.41, 5.74) is 0.969. The van der Waals surface area contributed by atoms with E-state index in [0.717, 1.165) is 12.8 Å². The van der Waals surface area contributed by atoms with Gasteiger partial charge in [0, 0.05) is 36.1 Å². The summed E-state index contributed by atoms with van der Waals surface area (Å²) in [6.45, 7) is 2.27. The first-order chi connectivity index (χ1) is 19.2. The molecule has 0 spiro atoms. The summed E-state index contributed by atoms with van der Waals surface area (Å²) in [6.07, 6.45) is 3.61. The van der Waals surface area contributed by atoms with Crippen molar-refractivity contribution in [3.63, 3.8) is 0 Å². The molecule has 3 aromatic carbocycles. The molecule has 4 rings (SSSR count). The fraction of sp³-hybridized carbons (Fsp3) is 0.290. The van der Waals surface area contributed by atoms with Crippen molar-refractivity contribution >= 4 is 17.3 Å². The molecule has 5 nitrogen and oxygen atoms in total. The van der Waals surface area contributed by atoms with E-state index in [-0.39, 0.29) is 30.4 Å². The van der Waals surface area contributed by atoms with Gasteiger partial charge in [-0.1, -0.05) is 43.7 Å². The minimum atomic E-state index is -1.30. The SMILES string of the molecule is CCCCNC(=O)COc1cccc(C2CC(c3ccc(F)cc3)=CC2C(=O)c2c(F)cc(F)cc2F)c1OC. The number of unbranched alkanes of at least 4 members (excludes halogenated alkanes) is 1. The summed E-state index contributed by atoms with van der Waals surface area (Å²) in [6, 6.07) is 11.6. The van der Waals surface area contributed by atoms with Crippen molar-refractivity contribution in [2.75, 3.05) is 20.3 Å². The van der Waals surface area contributed by atoms with Gasteiger partial charge < -0.3 is 14.8 Å². The van der Waals surface area contributed by atoms with Crippen molar-refractivity contribution in [2.45, 2.75) is 32.1 Å². The van der Waals surface area contributed by atoms with Crippen molar-refractivity contribution in [2.24, 2.45) is 5.92 Å². The molecule has 0 aliphatic heterocycles. The van der Waals surface area contributed by atoms with Crippen LogP contribution in [0, 0.1) is 29.2 Å². The minimum absolute atomic E-state index is 0.254. The fourth-order valence-electron chi connectivity index (χ4n) is 4.90. The van der Waals surface area contributed by atoms with Gasteiger partial charge in [-0.05, 0) is 42.2 Å². The molecule has 0 fully saturated rings. The van der Waals surface area contributed by atoms with Crippen molar-refractivity contribution in [3.8, 4) is 11.5 Å². The highest BCUT2D eigenvalue weighted by molar-refractivity contribution is 6.02. The Kier molecular flexibility index (Phi) is 9.24. The molecule has 0 saturated carbocycles. The van der Waals surface area contributed by atoms with Gasteiger partial charge in [0.25, 0.3) is 5.91 Å². The van der Waals surface area contributed by atoms with Crippen LogP contribution in [-0.4, -0.2) is 32.0 Å². The van der Waals surface area contributed by atoms with Gasteiger partial charge >= 0.3 is 0 Å². The Hall–Kier alpha value is -4.14. The van der Waals surface area contributed by atoms with E-state index in [1.165, 1.54) is 19.2 Å². The van der Waals surface area contributed by atoms with E-state index >= 15 is 0 Å². The number of amides is 1. The Morgan fingerprint density at radius 2 is 1.68 bits per heavy atom. The number of allylic oxidation sites excluding steroid dienone is 2. The van der Waals surface area contributed by atoms with E-state index in [0.29, 0.717) is 35.4 Å². The number of halogens is 4. The van der Waals surface area contributed by atoms with Crippen LogP contribution >= 0.6 is 0 Å². The summed E-state index contributed by atoms with van der Waals surface area (Å²) in [7, 11) is 1.41. The van der Waals surface area contributed by atoms with E-state index in [4.69, 9.17) is 9.47 Å². The lowest BCUT2D eigenvalue weighted by Gasteiger charge is -2.23. The number of carbonyl (C=O) groups is 2. The monoisotopic (exact) mass is 555 g/mol. The Bertz CT molecular complexity index is 1400. The predicted octanol–water partition coefficient (Wildman–Crippen LogP) is 6.62. The maximum absolute atomic E-state index is 14.7. The molecule has 1 aliphatic carbocycles. The number of nitrogens with one attached hydrogen (secondary N) is 1. The van der Waals surface area contributed by atoms with Gasteiger partial charge in [-0.15, -0.1) is 0 Å². The largest absolute Gasteiger partial charge is 0.493 e. The number of Topliss-reactive ketones (excluding diaryl/α,β-unsaturated/α-hetero) is 1. The molecule has 9 heteroatoms. The molecule has 1 amide bonds. The number of benzene rings is 3. The van der Waals surface area contributed by atoms with Crippen LogP contribution in [0.2, 0.25) is 0 Å². The van der Waals surface area contributed by atoms with Crippen molar-refractivity contribution in [3.05, 3.63) is 101 Å². The maximum Gasteiger partial charge on any atom is 0.257 e. The highest BCUT2D eigenvalue weighted by Gasteiger charge is 2.39. The van der Waals surface area contributed by atoms with Crippen LogP contribution in [0.25, 0.3) is 5.57 Å². The van der Waals surface area contributed by atoms with Crippen LogP contribution < -0.4 is 14.8 Å². The highest BCUT2D eigenvalue weighted by Crippen LogP contribution is 2.49. The molecule has 1 aliphatic rings. The zero-order valence-corrected chi connectivity index (χ0v) is 22.1. The smallest absolute Gasteiger partial charge is 0.257 e. The van der Waals surface area contributed by atoms with Gasteiger partial charge in [0.1, 0.15) is 23.3 Å². The third-order valence-corrected chi connectivity index (χ3v) is 6.85. The van der Waals surface area contributed by atoms with Gasteiger partial charge in [-0.3, -0.25) is 9.59 Å². The van der Waals surface area contributed by atoms with Crippen LogP contribution in [0.4, 0.5) is 17.6 Å². The number of para-hydroxylation sites is 1. The van der Waals surface area contributed by atoms with Gasteiger partial charge in [-0.2, -0.15) is 0 Å². The van der Waals surface area contributed by atoms with Crippen molar-refractivity contribution < 1.29 is 36.6 Å². The predicted molar refractivity (Wildman–Crippen MR) is 142 cm³/mol. The van der Waals surface area contributed by atoms with Crippen molar-refractivity contribution in [1.29, 1.82) is 0 Å². The Morgan fingerprint density at radius 1 is 0.975 bits per heavy atom. The third-order valence-electron chi connectivity index (χ3n) is 6.85. The van der Waals surface area contributed by atoms with Crippen LogP contribution in [-0.2, 0) is 4.79 Å². The lowest BCUT2D eigenvalue weighted by Crippen LogP contribution is -2.29. The lowest BCUT2D eigenvalue weighted by molar-refractivity contribution is -0.123.